The third-order valence-corrected chi connectivity index (χ3v) is 5.24. The molecule has 2 rings (SSSR count). The molecule has 1 aliphatic heterocycles. The molecule has 0 saturated carbocycles. The minimum absolute atomic E-state index is 0.745. The third kappa shape index (κ3) is 4.57. The molecule has 21 heavy (non-hydrogen) atoms. The van der Waals surface area contributed by atoms with E-state index in [2.05, 4.69) is 56.1 Å². The van der Waals surface area contributed by atoms with Gasteiger partial charge in [0, 0.05) is 19.0 Å². The van der Waals surface area contributed by atoms with Crippen molar-refractivity contribution < 1.29 is 0 Å². The molecule has 1 fully saturated rings. The number of nitrogens with zero attached hydrogens (tertiary/aromatic N) is 1. The van der Waals surface area contributed by atoms with Crippen LogP contribution in [0.15, 0.2) is 30.3 Å². The van der Waals surface area contributed by atoms with Crippen molar-refractivity contribution in [1.82, 2.24) is 4.90 Å². The van der Waals surface area contributed by atoms with Crippen molar-refractivity contribution in [2.75, 3.05) is 20.1 Å². The summed E-state index contributed by atoms with van der Waals surface area (Å²) in [6.45, 7) is 7.18. The molecule has 0 bridgehead atoms. The first-order valence-corrected chi connectivity index (χ1v) is 8.99. The Hall–Kier alpha value is -0.820. The summed E-state index contributed by atoms with van der Waals surface area (Å²) in [4.78, 5) is 2.55. The van der Waals surface area contributed by atoms with E-state index >= 15 is 0 Å². The van der Waals surface area contributed by atoms with Crippen molar-refractivity contribution >= 4 is 0 Å². The number of likely N-dealkylation sites (N-methyl/N-ethyl adjacent to an activating group) is 1. The molecule has 0 aromatic heterocycles. The first-order chi connectivity index (χ1) is 10.3. The smallest absolute Gasteiger partial charge is 0.00506 e. The summed E-state index contributed by atoms with van der Waals surface area (Å²) in [7, 11) is 2.30. The Bertz CT molecular complexity index is 378. The normalized spacial score (nSPS) is 23.0. The lowest BCUT2D eigenvalue weighted by atomic mass is 9.76. The van der Waals surface area contributed by atoms with Gasteiger partial charge < -0.3 is 4.90 Å². The molecular formula is C20H33N. The predicted octanol–water partition coefficient (Wildman–Crippen LogP) is 5.33. The van der Waals surface area contributed by atoms with E-state index in [-0.39, 0.29) is 0 Å². The summed E-state index contributed by atoms with van der Waals surface area (Å²) in [5.41, 5.74) is 1.56. The topological polar surface area (TPSA) is 3.24 Å². The zero-order chi connectivity index (χ0) is 15.1. The summed E-state index contributed by atoms with van der Waals surface area (Å²) in [5, 5.41) is 0. The molecule has 1 aliphatic rings. The van der Waals surface area contributed by atoms with Crippen LogP contribution in [0.4, 0.5) is 0 Å². The van der Waals surface area contributed by atoms with E-state index in [9.17, 15) is 0 Å². The van der Waals surface area contributed by atoms with Gasteiger partial charge in [-0.2, -0.15) is 0 Å². The van der Waals surface area contributed by atoms with E-state index in [1.54, 1.807) is 5.56 Å². The predicted molar refractivity (Wildman–Crippen MR) is 92.7 cm³/mol. The fourth-order valence-corrected chi connectivity index (χ4v) is 4.07. The molecule has 1 nitrogen and oxygen atoms in total. The molecule has 1 heterocycles. The summed E-state index contributed by atoms with van der Waals surface area (Å²) in [6, 6.07) is 11.2. The number of rotatable bonds is 8. The highest BCUT2D eigenvalue weighted by Crippen LogP contribution is 2.40. The molecule has 0 spiro atoms. The second kappa shape index (κ2) is 8.58. The highest BCUT2D eigenvalue weighted by Gasteiger charge is 2.36. The van der Waals surface area contributed by atoms with E-state index in [4.69, 9.17) is 0 Å². The van der Waals surface area contributed by atoms with Crippen LogP contribution in [-0.4, -0.2) is 25.0 Å². The molecule has 1 aromatic carbocycles. The van der Waals surface area contributed by atoms with Gasteiger partial charge in [0.2, 0.25) is 0 Å². The van der Waals surface area contributed by atoms with E-state index in [1.807, 2.05) is 0 Å². The molecule has 0 radical (unpaired) electrons. The Labute approximate surface area is 131 Å². The number of hydrogen-bond donors (Lipinski definition) is 0. The van der Waals surface area contributed by atoms with Gasteiger partial charge in [-0.05, 0) is 24.4 Å². The van der Waals surface area contributed by atoms with Gasteiger partial charge >= 0.3 is 0 Å². The molecule has 1 aromatic rings. The minimum atomic E-state index is 0.745. The quantitative estimate of drug-likeness (QED) is 0.625. The van der Waals surface area contributed by atoms with Gasteiger partial charge in [0.25, 0.3) is 0 Å². The van der Waals surface area contributed by atoms with Crippen molar-refractivity contribution in [3.8, 4) is 0 Å². The monoisotopic (exact) mass is 287 g/mol. The van der Waals surface area contributed by atoms with Gasteiger partial charge in [-0.1, -0.05) is 82.7 Å². The van der Waals surface area contributed by atoms with Crippen LogP contribution in [0.25, 0.3) is 0 Å². The fraction of sp³-hybridized carbons (Fsp3) is 0.700. The Balaban J connectivity index is 2.11. The molecule has 0 aliphatic carbocycles. The van der Waals surface area contributed by atoms with Crippen LogP contribution in [-0.2, 0) is 0 Å². The zero-order valence-corrected chi connectivity index (χ0v) is 14.2. The van der Waals surface area contributed by atoms with Gasteiger partial charge in [0.1, 0.15) is 0 Å². The number of hydrogen-bond acceptors (Lipinski definition) is 1. The first kappa shape index (κ1) is 16.5. The van der Waals surface area contributed by atoms with Gasteiger partial charge in [-0.3, -0.25) is 0 Å². The number of benzene rings is 1. The summed E-state index contributed by atoms with van der Waals surface area (Å²) >= 11 is 0. The van der Waals surface area contributed by atoms with Crippen molar-refractivity contribution in [3.63, 3.8) is 0 Å². The standard InChI is InChI=1S/C20H33N/c1-4-6-11-17(12-7-5-2)19-15-21(3)16-20(19)18-13-9-8-10-14-18/h8-10,13-14,17,19-20H,4-7,11-12,15-16H2,1-3H3/t19-,20-/m1/s1. The second-order valence-electron chi connectivity index (χ2n) is 6.95. The molecular weight excluding hydrogens is 254 g/mol. The average Bonchev–Trinajstić information content (AvgIpc) is 2.90. The minimum Gasteiger partial charge on any atom is -0.305 e. The largest absolute Gasteiger partial charge is 0.305 e. The second-order valence-corrected chi connectivity index (χ2v) is 6.95. The SMILES string of the molecule is CCCCC(CCCC)[C@H]1CN(C)C[C@@H]1c1ccccc1. The van der Waals surface area contributed by atoms with Crippen LogP contribution in [0, 0.1) is 11.8 Å². The van der Waals surface area contributed by atoms with Crippen molar-refractivity contribution in [2.45, 2.75) is 58.3 Å². The van der Waals surface area contributed by atoms with Gasteiger partial charge in [-0.15, -0.1) is 0 Å². The van der Waals surface area contributed by atoms with E-state index in [0.29, 0.717) is 0 Å². The summed E-state index contributed by atoms with van der Waals surface area (Å²) in [5.74, 6) is 2.52. The Morgan fingerprint density at radius 3 is 2.19 bits per heavy atom. The Morgan fingerprint density at radius 1 is 1.00 bits per heavy atom. The van der Waals surface area contributed by atoms with Crippen LogP contribution in [0.5, 0.6) is 0 Å². The van der Waals surface area contributed by atoms with Gasteiger partial charge in [0.05, 0.1) is 0 Å². The van der Waals surface area contributed by atoms with Crippen LogP contribution < -0.4 is 0 Å². The number of likely N-dealkylation sites (tertiary alicyclic amines) is 1. The van der Waals surface area contributed by atoms with E-state index in [0.717, 1.165) is 17.8 Å². The van der Waals surface area contributed by atoms with Gasteiger partial charge in [-0.25, -0.2) is 0 Å². The van der Waals surface area contributed by atoms with E-state index < -0.39 is 0 Å². The lowest BCUT2D eigenvalue weighted by molar-refractivity contribution is 0.265. The van der Waals surface area contributed by atoms with Crippen molar-refractivity contribution in [3.05, 3.63) is 35.9 Å². The van der Waals surface area contributed by atoms with Crippen LogP contribution in [0.1, 0.15) is 63.9 Å². The Kier molecular flexibility index (Phi) is 6.76. The van der Waals surface area contributed by atoms with Crippen LogP contribution in [0.2, 0.25) is 0 Å². The van der Waals surface area contributed by atoms with Crippen molar-refractivity contribution in [1.29, 1.82) is 0 Å². The summed E-state index contributed by atoms with van der Waals surface area (Å²) < 4.78 is 0. The highest BCUT2D eigenvalue weighted by molar-refractivity contribution is 5.22. The van der Waals surface area contributed by atoms with Crippen molar-refractivity contribution in [2.24, 2.45) is 11.8 Å². The van der Waals surface area contributed by atoms with Crippen LogP contribution in [0.3, 0.4) is 0 Å². The fourth-order valence-electron chi connectivity index (χ4n) is 4.07. The zero-order valence-electron chi connectivity index (χ0n) is 14.2. The lowest BCUT2D eigenvalue weighted by Crippen LogP contribution is -2.22. The molecule has 118 valence electrons. The maximum absolute atomic E-state index is 2.55. The molecule has 1 heteroatoms. The lowest BCUT2D eigenvalue weighted by Gasteiger charge is -2.28. The van der Waals surface area contributed by atoms with Crippen LogP contribution >= 0.6 is 0 Å². The molecule has 2 atom stereocenters. The molecule has 0 unspecified atom stereocenters. The third-order valence-electron chi connectivity index (χ3n) is 5.24. The average molecular weight is 287 g/mol. The van der Waals surface area contributed by atoms with E-state index in [1.165, 1.54) is 51.6 Å². The molecule has 0 amide bonds. The highest BCUT2D eigenvalue weighted by atomic mass is 15.1. The maximum Gasteiger partial charge on any atom is 0.00506 e. The molecule has 1 saturated heterocycles. The summed E-state index contributed by atoms with van der Waals surface area (Å²) in [6.07, 6.45) is 8.32. The molecule has 0 N–H and O–H groups in total. The van der Waals surface area contributed by atoms with Gasteiger partial charge in [0.15, 0.2) is 0 Å². The first-order valence-electron chi connectivity index (χ1n) is 8.99. The number of unbranched alkanes of at least 4 members (excludes halogenated alkanes) is 2. The Morgan fingerprint density at radius 2 is 1.62 bits per heavy atom. The maximum atomic E-state index is 2.55.